The number of benzene rings is 1. The smallest absolute Gasteiger partial charge is 0.127 e. The molecule has 14 heavy (non-hydrogen) atoms. The van der Waals surface area contributed by atoms with Gasteiger partial charge in [0.25, 0.3) is 0 Å². The molecule has 2 rings (SSSR count). The van der Waals surface area contributed by atoms with Crippen molar-refractivity contribution in [3.63, 3.8) is 0 Å². The largest absolute Gasteiger partial charge is 0.489 e. The van der Waals surface area contributed by atoms with Crippen molar-refractivity contribution in [1.82, 2.24) is 0 Å². The highest BCUT2D eigenvalue weighted by Crippen LogP contribution is 2.26. The van der Waals surface area contributed by atoms with Crippen LogP contribution in [0.25, 0.3) is 6.08 Å². The fraction of sp³-hybridized carbons (Fsp3) is 0.333. The predicted octanol–water partition coefficient (Wildman–Crippen LogP) is 1.98. The van der Waals surface area contributed by atoms with Crippen molar-refractivity contribution >= 4 is 6.08 Å². The number of aryl methyl sites for hydroxylation is 1. The van der Waals surface area contributed by atoms with Crippen LogP contribution < -0.4 is 10.5 Å². The molecule has 0 atom stereocenters. The van der Waals surface area contributed by atoms with Crippen molar-refractivity contribution in [2.75, 3.05) is 13.2 Å². The predicted molar refractivity (Wildman–Crippen MR) is 58.3 cm³/mol. The maximum atomic E-state index is 5.58. The first-order valence-electron chi connectivity index (χ1n) is 4.98. The molecule has 1 aromatic rings. The summed E-state index contributed by atoms with van der Waals surface area (Å²) in [4.78, 5) is 0. The van der Waals surface area contributed by atoms with Crippen LogP contribution in [-0.2, 0) is 6.42 Å². The molecule has 0 aromatic heterocycles. The maximum Gasteiger partial charge on any atom is 0.127 e. The second-order valence-electron chi connectivity index (χ2n) is 3.52. The zero-order valence-electron chi connectivity index (χ0n) is 8.42. The lowest BCUT2D eigenvalue weighted by atomic mass is 10.0. The molecule has 0 saturated heterocycles. The van der Waals surface area contributed by atoms with Gasteiger partial charge in [0.1, 0.15) is 12.4 Å². The summed E-state index contributed by atoms with van der Waals surface area (Å²) in [6.45, 7) is 3.36. The molecule has 1 aliphatic heterocycles. The summed E-state index contributed by atoms with van der Waals surface area (Å²) in [5.41, 5.74) is 9.24. The van der Waals surface area contributed by atoms with Crippen LogP contribution in [0, 0.1) is 0 Å². The van der Waals surface area contributed by atoms with Crippen LogP contribution >= 0.6 is 0 Å². The van der Waals surface area contributed by atoms with Gasteiger partial charge in [0.2, 0.25) is 0 Å². The highest BCUT2D eigenvalue weighted by molar-refractivity contribution is 5.63. The Balaban J connectivity index is 2.39. The highest BCUT2D eigenvalue weighted by atomic mass is 16.5. The first-order valence-corrected chi connectivity index (χ1v) is 4.98. The summed E-state index contributed by atoms with van der Waals surface area (Å²) in [6, 6.07) is 6.32. The van der Waals surface area contributed by atoms with Crippen molar-refractivity contribution in [2.45, 2.75) is 13.3 Å². The molecule has 0 spiro atoms. The van der Waals surface area contributed by atoms with E-state index in [1.807, 2.05) is 6.07 Å². The summed E-state index contributed by atoms with van der Waals surface area (Å²) in [6.07, 6.45) is 3.19. The molecule has 0 amide bonds. The van der Waals surface area contributed by atoms with E-state index in [1.54, 1.807) is 0 Å². The zero-order chi connectivity index (χ0) is 9.97. The average molecular weight is 189 g/mol. The molecular weight excluding hydrogens is 174 g/mol. The van der Waals surface area contributed by atoms with Crippen molar-refractivity contribution in [3.05, 3.63) is 34.9 Å². The molecule has 1 heterocycles. The molecule has 2 nitrogen and oxygen atoms in total. The monoisotopic (exact) mass is 189 g/mol. The Morgan fingerprint density at radius 2 is 2.29 bits per heavy atom. The van der Waals surface area contributed by atoms with E-state index >= 15 is 0 Å². The molecule has 0 unspecified atom stereocenters. The van der Waals surface area contributed by atoms with Crippen LogP contribution in [0.15, 0.2) is 23.8 Å². The van der Waals surface area contributed by atoms with E-state index in [9.17, 15) is 0 Å². The van der Waals surface area contributed by atoms with E-state index in [4.69, 9.17) is 10.5 Å². The SMILES string of the molecule is CCc1ccc2c(c1)C=C(CN)CO2. The minimum absolute atomic E-state index is 0.579. The van der Waals surface area contributed by atoms with Crippen LogP contribution in [0.4, 0.5) is 0 Å². The van der Waals surface area contributed by atoms with Gasteiger partial charge in [-0.25, -0.2) is 0 Å². The third-order valence-corrected chi connectivity index (χ3v) is 2.52. The van der Waals surface area contributed by atoms with Gasteiger partial charge in [-0.2, -0.15) is 0 Å². The fourth-order valence-electron chi connectivity index (χ4n) is 1.61. The van der Waals surface area contributed by atoms with Gasteiger partial charge in [-0.3, -0.25) is 0 Å². The second kappa shape index (κ2) is 3.84. The van der Waals surface area contributed by atoms with Crippen molar-refractivity contribution in [1.29, 1.82) is 0 Å². The molecular formula is C12H15NO. The topological polar surface area (TPSA) is 35.2 Å². The Hall–Kier alpha value is -1.28. The molecule has 2 heteroatoms. The maximum absolute atomic E-state index is 5.58. The minimum atomic E-state index is 0.579. The summed E-state index contributed by atoms with van der Waals surface area (Å²) in [5.74, 6) is 0.972. The van der Waals surface area contributed by atoms with Crippen LogP contribution in [0.5, 0.6) is 5.75 Å². The molecule has 0 radical (unpaired) electrons. The number of nitrogens with two attached hydrogens (primary N) is 1. The molecule has 0 aliphatic carbocycles. The Labute approximate surface area is 84.4 Å². The Morgan fingerprint density at radius 3 is 3.00 bits per heavy atom. The van der Waals surface area contributed by atoms with Gasteiger partial charge in [0, 0.05) is 12.1 Å². The van der Waals surface area contributed by atoms with Gasteiger partial charge >= 0.3 is 0 Å². The fourth-order valence-corrected chi connectivity index (χ4v) is 1.61. The van der Waals surface area contributed by atoms with E-state index in [1.165, 1.54) is 5.56 Å². The lowest BCUT2D eigenvalue weighted by Crippen LogP contribution is -2.14. The summed E-state index contributed by atoms with van der Waals surface area (Å²) >= 11 is 0. The lowest BCUT2D eigenvalue weighted by Gasteiger charge is -2.17. The summed E-state index contributed by atoms with van der Waals surface area (Å²) in [7, 11) is 0. The van der Waals surface area contributed by atoms with Crippen LogP contribution in [0.1, 0.15) is 18.1 Å². The van der Waals surface area contributed by atoms with Gasteiger partial charge < -0.3 is 10.5 Å². The third-order valence-electron chi connectivity index (χ3n) is 2.52. The first-order chi connectivity index (χ1) is 6.83. The van der Waals surface area contributed by atoms with E-state index < -0.39 is 0 Å². The number of fused-ring (bicyclic) bond motifs is 1. The highest BCUT2D eigenvalue weighted by Gasteiger charge is 2.10. The standard InChI is InChI=1S/C12H15NO/c1-2-9-3-4-12-11(5-9)6-10(7-13)8-14-12/h3-6H,2,7-8,13H2,1H3. The molecule has 2 N–H and O–H groups in total. The molecule has 1 aliphatic rings. The quantitative estimate of drug-likeness (QED) is 0.772. The molecule has 1 aromatic carbocycles. The summed E-state index contributed by atoms with van der Waals surface area (Å²) < 4.78 is 5.58. The molecule has 0 bridgehead atoms. The number of hydrogen-bond donors (Lipinski definition) is 1. The average Bonchev–Trinajstić information content (AvgIpc) is 2.27. The number of ether oxygens (including phenoxy) is 1. The number of hydrogen-bond acceptors (Lipinski definition) is 2. The van der Waals surface area contributed by atoms with Crippen molar-refractivity contribution < 1.29 is 4.74 Å². The molecule has 74 valence electrons. The number of rotatable bonds is 2. The Morgan fingerprint density at radius 1 is 1.43 bits per heavy atom. The van der Waals surface area contributed by atoms with Gasteiger partial charge in [-0.15, -0.1) is 0 Å². The van der Waals surface area contributed by atoms with E-state index in [-0.39, 0.29) is 0 Å². The van der Waals surface area contributed by atoms with Crippen LogP contribution in [0.2, 0.25) is 0 Å². The van der Waals surface area contributed by atoms with Gasteiger partial charge in [0.15, 0.2) is 0 Å². The van der Waals surface area contributed by atoms with E-state index in [2.05, 4.69) is 25.1 Å². The third kappa shape index (κ3) is 1.66. The Kier molecular flexibility index (Phi) is 2.55. The van der Waals surface area contributed by atoms with Gasteiger partial charge in [-0.05, 0) is 35.8 Å². The van der Waals surface area contributed by atoms with Gasteiger partial charge in [-0.1, -0.05) is 13.0 Å². The molecule has 0 saturated carbocycles. The van der Waals surface area contributed by atoms with Crippen LogP contribution in [-0.4, -0.2) is 13.2 Å². The van der Waals surface area contributed by atoms with Gasteiger partial charge in [0.05, 0.1) is 0 Å². The minimum Gasteiger partial charge on any atom is -0.489 e. The summed E-state index contributed by atoms with van der Waals surface area (Å²) in [5, 5.41) is 0. The Bertz CT molecular complexity index is 369. The van der Waals surface area contributed by atoms with E-state index in [0.29, 0.717) is 13.2 Å². The van der Waals surface area contributed by atoms with Crippen molar-refractivity contribution in [3.8, 4) is 5.75 Å². The van der Waals surface area contributed by atoms with E-state index in [0.717, 1.165) is 23.3 Å². The lowest BCUT2D eigenvalue weighted by molar-refractivity contribution is 0.345. The second-order valence-corrected chi connectivity index (χ2v) is 3.52. The zero-order valence-corrected chi connectivity index (χ0v) is 8.42. The van der Waals surface area contributed by atoms with Crippen LogP contribution in [0.3, 0.4) is 0 Å². The normalized spacial score (nSPS) is 14.3. The first kappa shape index (κ1) is 9.28. The van der Waals surface area contributed by atoms with Crippen molar-refractivity contribution in [2.24, 2.45) is 5.73 Å². The molecule has 0 fully saturated rings.